The van der Waals surface area contributed by atoms with E-state index in [2.05, 4.69) is 58.3 Å². The molecule has 0 fully saturated rings. The summed E-state index contributed by atoms with van der Waals surface area (Å²) in [7, 11) is 0. The van der Waals surface area contributed by atoms with Gasteiger partial charge in [-0.1, -0.05) is 40.2 Å². The van der Waals surface area contributed by atoms with E-state index in [-0.39, 0.29) is 18.1 Å². The lowest BCUT2D eigenvalue weighted by molar-refractivity contribution is -0.120. The predicted molar refractivity (Wildman–Crippen MR) is 126 cm³/mol. The standard InChI is InChI=1S/C22H16Br3FN2O2/c23-17-5-1-15(2-6-17)13-30-22-19(24)9-16(10-20(22)25)12-27-28-21(29)11-14-3-7-18(26)8-4-14/h1-10,12H,11,13H2,(H,28,29)/b27-12+. The van der Waals surface area contributed by atoms with Crippen LogP contribution in [0.5, 0.6) is 5.75 Å². The molecule has 0 saturated heterocycles. The summed E-state index contributed by atoms with van der Waals surface area (Å²) in [6, 6.07) is 17.4. The van der Waals surface area contributed by atoms with Gasteiger partial charge < -0.3 is 4.74 Å². The number of hydrazone groups is 1. The van der Waals surface area contributed by atoms with Crippen LogP contribution in [-0.4, -0.2) is 12.1 Å². The van der Waals surface area contributed by atoms with Crippen molar-refractivity contribution < 1.29 is 13.9 Å². The number of nitrogens with zero attached hydrogens (tertiary/aromatic N) is 1. The Hall–Kier alpha value is -2.03. The molecule has 3 rings (SSSR count). The van der Waals surface area contributed by atoms with E-state index in [1.54, 1.807) is 12.1 Å². The lowest BCUT2D eigenvalue weighted by atomic mass is 10.1. The number of benzene rings is 3. The molecule has 3 aromatic rings. The number of amides is 1. The Labute approximate surface area is 198 Å². The molecule has 0 atom stereocenters. The summed E-state index contributed by atoms with van der Waals surface area (Å²) in [5.41, 5.74) is 5.00. The van der Waals surface area contributed by atoms with Gasteiger partial charge in [-0.2, -0.15) is 5.10 Å². The molecular formula is C22H16Br3FN2O2. The third-order valence-corrected chi connectivity index (χ3v) is 5.70. The maximum Gasteiger partial charge on any atom is 0.244 e. The van der Waals surface area contributed by atoms with E-state index in [0.29, 0.717) is 17.9 Å². The highest BCUT2D eigenvalue weighted by Crippen LogP contribution is 2.35. The zero-order valence-corrected chi connectivity index (χ0v) is 20.3. The number of carbonyl (C=O) groups is 1. The van der Waals surface area contributed by atoms with Gasteiger partial charge in [-0.3, -0.25) is 4.79 Å². The number of rotatable bonds is 7. The first-order valence-electron chi connectivity index (χ1n) is 8.83. The largest absolute Gasteiger partial charge is 0.487 e. The highest BCUT2D eigenvalue weighted by atomic mass is 79.9. The summed E-state index contributed by atoms with van der Waals surface area (Å²) >= 11 is 10.4. The average molecular weight is 599 g/mol. The Kier molecular flexibility index (Phi) is 8.18. The zero-order valence-electron chi connectivity index (χ0n) is 15.5. The van der Waals surface area contributed by atoms with Crippen LogP contribution in [-0.2, 0) is 17.8 Å². The molecule has 0 saturated carbocycles. The molecule has 0 aliphatic heterocycles. The van der Waals surface area contributed by atoms with E-state index in [4.69, 9.17) is 4.74 Å². The highest BCUT2D eigenvalue weighted by Gasteiger charge is 2.09. The molecule has 0 unspecified atom stereocenters. The first kappa shape index (κ1) is 22.7. The molecule has 0 bridgehead atoms. The Morgan fingerprint density at radius 3 is 2.20 bits per heavy atom. The van der Waals surface area contributed by atoms with Crippen molar-refractivity contribution in [2.75, 3.05) is 0 Å². The molecule has 154 valence electrons. The number of nitrogens with one attached hydrogen (secondary N) is 1. The van der Waals surface area contributed by atoms with Crippen LogP contribution < -0.4 is 10.2 Å². The van der Waals surface area contributed by atoms with E-state index in [0.717, 1.165) is 24.5 Å². The van der Waals surface area contributed by atoms with Gasteiger partial charge in [0, 0.05) is 4.47 Å². The predicted octanol–water partition coefficient (Wildman–Crippen LogP) is 6.39. The molecule has 4 nitrogen and oxygen atoms in total. The zero-order chi connectivity index (χ0) is 21.5. The topological polar surface area (TPSA) is 50.7 Å². The van der Waals surface area contributed by atoms with E-state index < -0.39 is 0 Å². The monoisotopic (exact) mass is 596 g/mol. The maximum absolute atomic E-state index is 12.9. The number of hydrogen-bond acceptors (Lipinski definition) is 3. The third-order valence-electron chi connectivity index (χ3n) is 4.00. The SMILES string of the molecule is O=C(Cc1ccc(F)cc1)N/N=C/c1cc(Br)c(OCc2ccc(Br)cc2)c(Br)c1. The average Bonchev–Trinajstić information content (AvgIpc) is 2.70. The molecule has 8 heteroatoms. The Balaban J connectivity index is 1.57. The first-order valence-corrected chi connectivity index (χ1v) is 11.2. The van der Waals surface area contributed by atoms with Crippen molar-refractivity contribution in [3.63, 3.8) is 0 Å². The number of ether oxygens (including phenoxy) is 1. The van der Waals surface area contributed by atoms with Crippen LogP contribution in [0.2, 0.25) is 0 Å². The van der Waals surface area contributed by atoms with Crippen molar-refractivity contribution in [1.82, 2.24) is 5.43 Å². The van der Waals surface area contributed by atoms with Gasteiger partial charge in [0.1, 0.15) is 18.2 Å². The van der Waals surface area contributed by atoms with Crippen molar-refractivity contribution >= 4 is 59.9 Å². The molecule has 0 radical (unpaired) electrons. The summed E-state index contributed by atoms with van der Waals surface area (Å²) in [4.78, 5) is 12.0. The molecule has 30 heavy (non-hydrogen) atoms. The van der Waals surface area contributed by atoms with Gasteiger partial charge in [0.2, 0.25) is 5.91 Å². The van der Waals surface area contributed by atoms with Crippen molar-refractivity contribution in [3.8, 4) is 5.75 Å². The minimum atomic E-state index is -0.336. The van der Waals surface area contributed by atoms with Crippen molar-refractivity contribution in [2.45, 2.75) is 13.0 Å². The molecule has 1 amide bonds. The van der Waals surface area contributed by atoms with Crippen LogP contribution in [0.3, 0.4) is 0 Å². The lowest BCUT2D eigenvalue weighted by Gasteiger charge is -2.11. The molecule has 1 N–H and O–H groups in total. The van der Waals surface area contributed by atoms with Gasteiger partial charge in [-0.25, -0.2) is 9.82 Å². The molecule has 3 aromatic carbocycles. The third kappa shape index (κ3) is 6.75. The minimum Gasteiger partial charge on any atom is -0.487 e. The second-order valence-electron chi connectivity index (χ2n) is 6.33. The van der Waals surface area contributed by atoms with Crippen LogP contribution >= 0.6 is 47.8 Å². The maximum atomic E-state index is 12.9. The summed E-state index contributed by atoms with van der Waals surface area (Å²) in [6.07, 6.45) is 1.66. The van der Waals surface area contributed by atoms with E-state index >= 15 is 0 Å². The summed E-state index contributed by atoms with van der Waals surface area (Å²) < 4.78 is 21.4. The summed E-state index contributed by atoms with van der Waals surface area (Å²) in [5, 5.41) is 3.98. The number of halogens is 4. The van der Waals surface area contributed by atoms with Crippen LogP contribution in [0.4, 0.5) is 4.39 Å². The fourth-order valence-electron chi connectivity index (χ4n) is 2.53. The molecule has 0 aliphatic carbocycles. The van der Waals surface area contributed by atoms with Crippen LogP contribution in [0.25, 0.3) is 0 Å². The molecule has 0 heterocycles. The molecule has 0 spiro atoms. The number of carbonyl (C=O) groups excluding carboxylic acids is 1. The molecule has 0 aliphatic rings. The van der Waals surface area contributed by atoms with Gasteiger partial charge in [0.25, 0.3) is 0 Å². The second-order valence-corrected chi connectivity index (χ2v) is 8.95. The van der Waals surface area contributed by atoms with Crippen molar-refractivity contribution in [3.05, 3.63) is 96.6 Å². The normalized spacial score (nSPS) is 10.9. The van der Waals surface area contributed by atoms with E-state index in [1.807, 2.05) is 36.4 Å². The fourth-order valence-corrected chi connectivity index (χ4v) is 4.25. The fraction of sp³-hybridized carbons (Fsp3) is 0.0909. The van der Waals surface area contributed by atoms with E-state index in [9.17, 15) is 9.18 Å². The second kappa shape index (κ2) is 10.8. The summed E-state index contributed by atoms with van der Waals surface area (Å²) in [5.74, 6) is 0.0541. The Morgan fingerprint density at radius 1 is 0.967 bits per heavy atom. The molecular weight excluding hydrogens is 583 g/mol. The van der Waals surface area contributed by atoms with Crippen molar-refractivity contribution in [1.29, 1.82) is 0 Å². The first-order chi connectivity index (χ1) is 14.4. The van der Waals surface area contributed by atoms with Crippen LogP contribution in [0.1, 0.15) is 16.7 Å². The quantitative estimate of drug-likeness (QED) is 0.253. The molecule has 0 aromatic heterocycles. The van der Waals surface area contributed by atoms with Crippen LogP contribution in [0, 0.1) is 5.82 Å². The minimum absolute atomic E-state index is 0.119. The summed E-state index contributed by atoms with van der Waals surface area (Å²) in [6.45, 7) is 0.428. The van der Waals surface area contributed by atoms with Gasteiger partial charge >= 0.3 is 0 Å². The Morgan fingerprint density at radius 2 is 1.57 bits per heavy atom. The smallest absolute Gasteiger partial charge is 0.244 e. The van der Waals surface area contributed by atoms with E-state index in [1.165, 1.54) is 18.3 Å². The van der Waals surface area contributed by atoms with Gasteiger partial charge in [0.15, 0.2) is 0 Å². The highest BCUT2D eigenvalue weighted by molar-refractivity contribution is 9.11. The van der Waals surface area contributed by atoms with Gasteiger partial charge in [0.05, 0.1) is 21.6 Å². The van der Waals surface area contributed by atoms with Gasteiger partial charge in [-0.05, 0) is 84.9 Å². The van der Waals surface area contributed by atoms with Crippen molar-refractivity contribution in [2.24, 2.45) is 5.10 Å². The lowest BCUT2D eigenvalue weighted by Crippen LogP contribution is -2.19. The Bertz CT molecular complexity index is 1030. The van der Waals surface area contributed by atoms with Gasteiger partial charge in [-0.15, -0.1) is 0 Å². The number of hydrogen-bond donors (Lipinski definition) is 1. The van der Waals surface area contributed by atoms with Crippen LogP contribution in [0.15, 0.2) is 79.2 Å².